The zero-order chi connectivity index (χ0) is 26.1. The molecule has 0 aliphatic rings. The molecule has 0 radical (unpaired) electrons. The number of aryl methyl sites for hydroxylation is 2. The minimum atomic E-state index is -4.12. The van der Waals surface area contributed by atoms with E-state index < -0.39 is 31.8 Å². The number of carbonyl (C=O) groups excluding carboxylic acids is 1. The van der Waals surface area contributed by atoms with Crippen LogP contribution in [0.15, 0.2) is 72.8 Å². The van der Waals surface area contributed by atoms with Crippen LogP contribution in [-0.2, 0) is 20.6 Å². The smallest absolute Gasteiger partial charge is 0.390 e. The van der Waals surface area contributed by atoms with Crippen LogP contribution in [0.2, 0.25) is 0 Å². The van der Waals surface area contributed by atoms with Crippen molar-refractivity contribution in [2.45, 2.75) is 32.7 Å². The molecule has 0 aliphatic carbocycles. The fourth-order valence-corrected chi connectivity index (χ4v) is 4.52. The van der Waals surface area contributed by atoms with Crippen molar-refractivity contribution < 1.29 is 28.7 Å². The van der Waals surface area contributed by atoms with Crippen molar-refractivity contribution in [2.75, 3.05) is 12.8 Å². The van der Waals surface area contributed by atoms with Gasteiger partial charge in [0.1, 0.15) is 12.0 Å². The van der Waals surface area contributed by atoms with E-state index >= 15 is 0 Å². The molecular weight excluding hydrogens is 479 g/mol. The van der Waals surface area contributed by atoms with E-state index in [2.05, 4.69) is 10.6 Å². The van der Waals surface area contributed by atoms with Gasteiger partial charge in [-0.1, -0.05) is 60.7 Å². The summed E-state index contributed by atoms with van der Waals surface area (Å²) in [6, 6.07) is 21.8. The minimum absolute atomic E-state index is 0.0464. The third-order valence-electron chi connectivity index (χ3n) is 5.72. The highest BCUT2D eigenvalue weighted by atomic mass is 31.2. The first-order valence-electron chi connectivity index (χ1n) is 11.6. The molecule has 2 atom stereocenters. The fourth-order valence-electron chi connectivity index (χ4n) is 3.57. The number of nitrogens with one attached hydrogen (secondary N) is 2. The summed E-state index contributed by atoms with van der Waals surface area (Å²) in [7, 11) is -4.12. The van der Waals surface area contributed by atoms with Crippen molar-refractivity contribution in [1.82, 2.24) is 10.6 Å². The third kappa shape index (κ3) is 8.34. The predicted octanol–water partition coefficient (Wildman–Crippen LogP) is 4.28. The Balaban J connectivity index is 1.69. The monoisotopic (exact) mass is 510 g/mol. The Hall–Kier alpha value is -3.45. The highest BCUT2D eigenvalue weighted by Gasteiger charge is 2.26. The molecule has 3 aromatic carbocycles. The number of amides is 1. The Bertz CT molecular complexity index is 1230. The molecule has 9 heteroatoms. The molecule has 0 heterocycles. The summed E-state index contributed by atoms with van der Waals surface area (Å²) in [6.45, 7) is 3.76. The van der Waals surface area contributed by atoms with Gasteiger partial charge in [-0.15, -0.1) is 0 Å². The molecule has 0 saturated carbocycles. The maximum absolute atomic E-state index is 12.8. The molecule has 0 spiro atoms. The summed E-state index contributed by atoms with van der Waals surface area (Å²) < 4.78 is 18.1. The van der Waals surface area contributed by atoms with Crippen LogP contribution in [0.4, 0.5) is 0 Å². The van der Waals surface area contributed by atoms with E-state index in [1.54, 1.807) is 18.2 Å². The number of carboxylic acids is 1. The van der Waals surface area contributed by atoms with Crippen LogP contribution in [0.25, 0.3) is 11.1 Å². The summed E-state index contributed by atoms with van der Waals surface area (Å²) in [5.41, 5.74) is 4.88. The summed E-state index contributed by atoms with van der Waals surface area (Å²) in [5, 5.41) is 14.3. The molecule has 1 amide bonds. The van der Waals surface area contributed by atoms with Crippen molar-refractivity contribution in [3.05, 3.63) is 89.5 Å². The summed E-state index contributed by atoms with van der Waals surface area (Å²) >= 11 is 0. The first-order valence-corrected chi connectivity index (χ1v) is 13.4. The molecule has 0 saturated heterocycles. The van der Waals surface area contributed by atoms with Gasteiger partial charge in [-0.3, -0.25) is 14.9 Å². The van der Waals surface area contributed by atoms with Gasteiger partial charge >= 0.3 is 13.6 Å². The van der Waals surface area contributed by atoms with Gasteiger partial charge in [0.15, 0.2) is 0 Å². The Morgan fingerprint density at radius 2 is 1.61 bits per heavy atom. The quantitative estimate of drug-likeness (QED) is 0.268. The van der Waals surface area contributed by atoms with Gasteiger partial charge in [-0.2, -0.15) is 0 Å². The number of aliphatic carboxylic acids is 1. The lowest BCUT2D eigenvalue weighted by atomic mass is 10.0. The van der Waals surface area contributed by atoms with Crippen LogP contribution in [0.1, 0.15) is 23.1 Å². The molecule has 4 N–H and O–H groups in total. The molecule has 0 fully saturated rings. The normalized spacial score (nSPS) is 13.4. The number of hydrogen-bond acceptors (Lipinski definition) is 5. The van der Waals surface area contributed by atoms with Crippen LogP contribution in [0.3, 0.4) is 0 Å². The summed E-state index contributed by atoms with van der Waals surface area (Å²) in [5.74, 6) is -1.22. The Labute approximate surface area is 210 Å². The highest BCUT2D eigenvalue weighted by molar-refractivity contribution is 7.53. The topological polar surface area (TPSA) is 125 Å². The van der Waals surface area contributed by atoms with Crippen molar-refractivity contribution in [2.24, 2.45) is 0 Å². The first kappa shape index (κ1) is 27.1. The second kappa shape index (κ2) is 12.5. The average Bonchev–Trinajstić information content (AvgIpc) is 2.84. The molecule has 0 bridgehead atoms. The Morgan fingerprint density at radius 3 is 2.25 bits per heavy atom. The van der Waals surface area contributed by atoms with E-state index in [0.29, 0.717) is 0 Å². The van der Waals surface area contributed by atoms with Crippen LogP contribution >= 0.6 is 7.60 Å². The van der Waals surface area contributed by atoms with Gasteiger partial charge in [0.2, 0.25) is 5.91 Å². The Kier molecular flexibility index (Phi) is 9.42. The lowest BCUT2D eigenvalue weighted by molar-refractivity contribution is -0.137. The number of carboxylic acid groups (broad SMARTS) is 1. The lowest BCUT2D eigenvalue weighted by Crippen LogP contribution is -2.46. The molecule has 3 rings (SSSR count). The predicted molar refractivity (Wildman–Crippen MR) is 139 cm³/mol. The van der Waals surface area contributed by atoms with Crippen LogP contribution in [-0.4, -0.2) is 40.7 Å². The number of benzene rings is 3. The van der Waals surface area contributed by atoms with Gasteiger partial charge in [-0.05, 0) is 60.2 Å². The van der Waals surface area contributed by atoms with Crippen LogP contribution in [0, 0.1) is 13.8 Å². The zero-order valence-corrected chi connectivity index (χ0v) is 21.2. The molecule has 0 aliphatic heterocycles. The molecule has 190 valence electrons. The van der Waals surface area contributed by atoms with E-state index in [-0.39, 0.29) is 25.1 Å². The van der Waals surface area contributed by atoms with Crippen molar-refractivity contribution >= 4 is 19.5 Å². The van der Waals surface area contributed by atoms with Gasteiger partial charge < -0.3 is 19.8 Å². The van der Waals surface area contributed by atoms with Gasteiger partial charge in [0.25, 0.3) is 0 Å². The second-order valence-corrected chi connectivity index (χ2v) is 10.4. The highest BCUT2D eigenvalue weighted by Crippen LogP contribution is 2.41. The maximum atomic E-state index is 12.8. The number of carbonyl (C=O) groups is 2. The lowest BCUT2D eigenvalue weighted by Gasteiger charge is -2.21. The van der Waals surface area contributed by atoms with Crippen LogP contribution < -0.4 is 15.2 Å². The van der Waals surface area contributed by atoms with Crippen molar-refractivity contribution in [3.8, 4) is 16.9 Å². The van der Waals surface area contributed by atoms with E-state index in [9.17, 15) is 19.0 Å². The summed E-state index contributed by atoms with van der Waals surface area (Å²) in [6.07, 6.45) is -0.449. The fraction of sp³-hybridized carbons (Fsp3) is 0.259. The summed E-state index contributed by atoms with van der Waals surface area (Å²) in [4.78, 5) is 34.0. The minimum Gasteiger partial charge on any atom is -0.481 e. The van der Waals surface area contributed by atoms with E-state index in [0.717, 1.165) is 27.8 Å². The van der Waals surface area contributed by atoms with E-state index in [1.807, 2.05) is 68.4 Å². The van der Waals surface area contributed by atoms with Crippen LogP contribution in [0.5, 0.6) is 5.75 Å². The standard InChI is InChI=1S/C27H31N2O6P/c1-19-8-13-24(16-20(19)2)35-36(33,34)18-29-25(27(32)28-15-14-26(30)31)17-21-9-11-23(12-10-21)22-6-4-3-5-7-22/h3-13,16,25,29H,14-15,17-18H2,1-2H3,(H,28,32)(H,30,31)(H,33,34)/t25-/m0/s1. The SMILES string of the molecule is Cc1ccc(OP(=O)(O)CN[C@@H](Cc2ccc(-c3ccccc3)cc2)C(=O)NCCC(=O)O)cc1C. The maximum Gasteiger partial charge on any atom is 0.390 e. The molecule has 0 aromatic heterocycles. The van der Waals surface area contributed by atoms with Crippen molar-refractivity contribution in [1.29, 1.82) is 0 Å². The Morgan fingerprint density at radius 1 is 0.944 bits per heavy atom. The van der Waals surface area contributed by atoms with Gasteiger partial charge in [0.05, 0.1) is 12.5 Å². The first-order chi connectivity index (χ1) is 17.1. The molecule has 3 aromatic rings. The van der Waals surface area contributed by atoms with Gasteiger partial charge in [0, 0.05) is 6.54 Å². The van der Waals surface area contributed by atoms with E-state index in [4.69, 9.17) is 9.63 Å². The third-order valence-corrected chi connectivity index (χ3v) is 6.80. The van der Waals surface area contributed by atoms with Gasteiger partial charge in [-0.25, -0.2) is 4.57 Å². The average molecular weight is 511 g/mol. The zero-order valence-electron chi connectivity index (χ0n) is 20.3. The van der Waals surface area contributed by atoms with Crippen molar-refractivity contribution in [3.63, 3.8) is 0 Å². The number of rotatable bonds is 12. The molecule has 1 unspecified atom stereocenters. The molecular formula is C27H31N2O6P. The molecule has 8 nitrogen and oxygen atoms in total. The van der Waals surface area contributed by atoms with E-state index in [1.165, 1.54) is 0 Å². The number of hydrogen-bond donors (Lipinski definition) is 4. The second-order valence-electron chi connectivity index (χ2n) is 8.59. The largest absolute Gasteiger partial charge is 0.481 e. The molecule has 36 heavy (non-hydrogen) atoms.